The van der Waals surface area contributed by atoms with Crippen molar-refractivity contribution in [2.75, 3.05) is 26.2 Å². The molecule has 0 unspecified atom stereocenters. The van der Waals surface area contributed by atoms with Crippen molar-refractivity contribution >= 4 is 11.8 Å². The number of nitrogens with one attached hydrogen (secondary N) is 1. The van der Waals surface area contributed by atoms with Crippen LogP contribution < -0.4 is 5.32 Å². The van der Waals surface area contributed by atoms with Crippen LogP contribution in [-0.2, 0) is 16.0 Å². The van der Waals surface area contributed by atoms with Gasteiger partial charge in [-0.25, -0.2) is 0 Å². The molecular formula is C27H35N3O2. The lowest BCUT2D eigenvalue weighted by atomic mass is 9.91. The first kappa shape index (κ1) is 22.5. The largest absolute Gasteiger partial charge is 0.348 e. The number of carbonyl (C=O) groups is 2. The number of carbonyl (C=O) groups excluding carboxylic acids is 2. The lowest BCUT2D eigenvalue weighted by molar-refractivity contribution is -0.139. The van der Waals surface area contributed by atoms with E-state index in [1.807, 2.05) is 24.0 Å². The number of hydrogen-bond donors (Lipinski definition) is 1. The zero-order valence-electron chi connectivity index (χ0n) is 19.6. The highest BCUT2D eigenvalue weighted by molar-refractivity contribution is 5.86. The second-order valence-corrected chi connectivity index (χ2v) is 9.36. The standard InChI is InChI=1S/C27H35N3O2/c1-19-11-12-23(20(2)17-19)21(3)28-25(31)18-30-16-13-22-9-5-6-10-24(22)26(30)27(32)29-14-7-4-8-15-29/h5-6,9-12,17,21,26H,4,7-8,13-16,18H2,1-3H3,(H,28,31)/t21-,26-/m0/s1. The van der Waals surface area contributed by atoms with Crippen molar-refractivity contribution in [2.24, 2.45) is 0 Å². The molecule has 2 aromatic carbocycles. The zero-order valence-corrected chi connectivity index (χ0v) is 19.6. The van der Waals surface area contributed by atoms with Crippen LogP contribution in [-0.4, -0.2) is 47.8 Å². The van der Waals surface area contributed by atoms with Crippen LogP contribution in [0.1, 0.15) is 66.1 Å². The van der Waals surface area contributed by atoms with Gasteiger partial charge in [0.15, 0.2) is 0 Å². The van der Waals surface area contributed by atoms with Gasteiger partial charge in [0.05, 0.1) is 12.6 Å². The van der Waals surface area contributed by atoms with E-state index in [1.54, 1.807) is 0 Å². The number of aryl methyl sites for hydroxylation is 2. The molecule has 0 saturated carbocycles. The average molecular weight is 434 g/mol. The van der Waals surface area contributed by atoms with E-state index in [0.717, 1.165) is 43.5 Å². The van der Waals surface area contributed by atoms with Crippen LogP contribution in [0.3, 0.4) is 0 Å². The normalized spacial score (nSPS) is 19.8. The van der Waals surface area contributed by atoms with Crippen molar-refractivity contribution in [1.82, 2.24) is 15.1 Å². The smallest absolute Gasteiger partial charge is 0.244 e. The fraction of sp³-hybridized carbons (Fsp3) is 0.481. The van der Waals surface area contributed by atoms with Crippen LogP contribution in [0.15, 0.2) is 42.5 Å². The minimum Gasteiger partial charge on any atom is -0.348 e. The summed E-state index contributed by atoms with van der Waals surface area (Å²) in [4.78, 5) is 30.7. The Morgan fingerprint density at radius 2 is 1.78 bits per heavy atom. The van der Waals surface area contributed by atoms with E-state index >= 15 is 0 Å². The summed E-state index contributed by atoms with van der Waals surface area (Å²) in [5.41, 5.74) is 5.82. The summed E-state index contributed by atoms with van der Waals surface area (Å²) in [6.45, 7) is 8.77. The summed E-state index contributed by atoms with van der Waals surface area (Å²) < 4.78 is 0. The Kier molecular flexibility index (Phi) is 6.95. The van der Waals surface area contributed by atoms with Crippen LogP contribution in [0.2, 0.25) is 0 Å². The maximum atomic E-state index is 13.6. The van der Waals surface area contributed by atoms with Gasteiger partial charge >= 0.3 is 0 Å². The Morgan fingerprint density at radius 1 is 1.03 bits per heavy atom. The van der Waals surface area contributed by atoms with Crippen molar-refractivity contribution in [3.05, 3.63) is 70.3 Å². The number of benzene rings is 2. The molecule has 0 radical (unpaired) electrons. The molecule has 1 saturated heterocycles. The van der Waals surface area contributed by atoms with Crippen molar-refractivity contribution in [3.63, 3.8) is 0 Å². The fourth-order valence-electron chi connectivity index (χ4n) is 5.23. The van der Waals surface area contributed by atoms with Gasteiger partial charge in [-0.3, -0.25) is 14.5 Å². The fourth-order valence-corrected chi connectivity index (χ4v) is 5.23. The predicted octanol–water partition coefficient (Wildman–Crippen LogP) is 4.09. The predicted molar refractivity (Wildman–Crippen MR) is 127 cm³/mol. The molecule has 5 nitrogen and oxygen atoms in total. The number of amides is 2. The molecular weight excluding hydrogens is 398 g/mol. The molecule has 1 N–H and O–H groups in total. The molecule has 2 atom stereocenters. The number of nitrogens with zero attached hydrogens (tertiary/aromatic N) is 2. The van der Waals surface area contributed by atoms with E-state index in [-0.39, 0.29) is 30.4 Å². The summed E-state index contributed by atoms with van der Waals surface area (Å²) in [6.07, 6.45) is 4.18. The third-order valence-electron chi connectivity index (χ3n) is 6.90. The topological polar surface area (TPSA) is 52.7 Å². The monoisotopic (exact) mass is 433 g/mol. The summed E-state index contributed by atoms with van der Waals surface area (Å²) >= 11 is 0. The average Bonchev–Trinajstić information content (AvgIpc) is 2.79. The summed E-state index contributed by atoms with van der Waals surface area (Å²) in [7, 11) is 0. The Balaban J connectivity index is 1.50. The van der Waals surface area contributed by atoms with Gasteiger partial charge in [-0.15, -0.1) is 0 Å². The van der Waals surface area contributed by atoms with E-state index in [9.17, 15) is 9.59 Å². The summed E-state index contributed by atoms with van der Waals surface area (Å²) in [5.74, 6) is 0.111. The van der Waals surface area contributed by atoms with Gasteiger partial charge in [0.25, 0.3) is 0 Å². The van der Waals surface area contributed by atoms with Crippen molar-refractivity contribution in [3.8, 4) is 0 Å². The van der Waals surface area contributed by atoms with Gasteiger partial charge in [0.1, 0.15) is 6.04 Å². The van der Waals surface area contributed by atoms with E-state index in [0.29, 0.717) is 6.54 Å². The highest BCUT2D eigenvalue weighted by Gasteiger charge is 2.36. The molecule has 2 aliphatic rings. The molecule has 0 aliphatic carbocycles. The Labute approximate surface area is 191 Å². The van der Waals surface area contributed by atoms with Crippen LogP contribution in [0.4, 0.5) is 0 Å². The van der Waals surface area contributed by atoms with Crippen LogP contribution >= 0.6 is 0 Å². The van der Waals surface area contributed by atoms with E-state index in [4.69, 9.17) is 0 Å². The van der Waals surface area contributed by atoms with Gasteiger partial charge < -0.3 is 10.2 Å². The lowest BCUT2D eigenvalue weighted by Gasteiger charge is -2.39. The van der Waals surface area contributed by atoms with Crippen LogP contribution in [0, 0.1) is 13.8 Å². The van der Waals surface area contributed by atoms with Gasteiger partial charge in [-0.1, -0.05) is 48.0 Å². The molecule has 32 heavy (non-hydrogen) atoms. The van der Waals surface area contributed by atoms with Crippen LogP contribution in [0.25, 0.3) is 0 Å². The number of fused-ring (bicyclic) bond motifs is 1. The minimum atomic E-state index is -0.375. The first-order chi connectivity index (χ1) is 15.4. The van der Waals surface area contributed by atoms with Gasteiger partial charge in [-0.2, -0.15) is 0 Å². The first-order valence-electron chi connectivity index (χ1n) is 11.9. The van der Waals surface area contributed by atoms with E-state index < -0.39 is 0 Å². The highest BCUT2D eigenvalue weighted by Crippen LogP contribution is 2.32. The quantitative estimate of drug-likeness (QED) is 0.773. The molecule has 0 aromatic heterocycles. The maximum Gasteiger partial charge on any atom is 0.244 e. The Bertz CT molecular complexity index is 981. The van der Waals surface area contributed by atoms with E-state index in [2.05, 4.69) is 54.4 Å². The third kappa shape index (κ3) is 4.88. The maximum absolute atomic E-state index is 13.6. The third-order valence-corrected chi connectivity index (χ3v) is 6.90. The molecule has 0 bridgehead atoms. The van der Waals surface area contributed by atoms with Gasteiger partial charge in [0, 0.05) is 19.6 Å². The van der Waals surface area contributed by atoms with Crippen molar-refractivity contribution in [2.45, 2.75) is 58.5 Å². The molecule has 1 fully saturated rings. The molecule has 170 valence electrons. The number of rotatable bonds is 5. The molecule has 0 spiro atoms. The number of piperidine rings is 1. The molecule has 5 heteroatoms. The zero-order chi connectivity index (χ0) is 22.7. The second-order valence-electron chi connectivity index (χ2n) is 9.36. The van der Waals surface area contributed by atoms with Gasteiger partial charge in [-0.05, 0) is 68.7 Å². The Morgan fingerprint density at radius 3 is 2.53 bits per heavy atom. The highest BCUT2D eigenvalue weighted by atomic mass is 16.2. The SMILES string of the molecule is Cc1ccc([C@H](C)NC(=O)CN2CCc3ccccc3[C@H]2C(=O)N2CCCCC2)c(C)c1. The molecule has 2 heterocycles. The minimum absolute atomic E-state index is 0.0340. The summed E-state index contributed by atoms with van der Waals surface area (Å²) in [5, 5.41) is 3.16. The lowest BCUT2D eigenvalue weighted by Crippen LogP contribution is -2.50. The van der Waals surface area contributed by atoms with E-state index in [1.165, 1.54) is 23.1 Å². The van der Waals surface area contributed by atoms with Crippen LogP contribution in [0.5, 0.6) is 0 Å². The molecule has 4 rings (SSSR count). The molecule has 2 amide bonds. The first-order valence-corrected chi connectivity index (χ1v) is 11.9. The number of likely N-dealkylation sites (tertiary alicyclic amines) is 1. The molecule has 2 aliphatic heterocycles. The molecule has 2 aromatic rings. The Hall–Kier alpha value is -2.66. The summed E-state index contributed by atoms with van der Waals surface area (Å²) in [6, 6.07) is 14.1. The second kappa shape index (κ2) is 9.86. The van der Waals surface area contributed by atoms with Crippen molar-refractivity contribution in [1.29, 1.82) is 0 Å². The number of hydrogen-bond acceptors (Lipinski definition) is 3. The van der Waals surface area contributed by atoms with Gasteiger partial charge in [0.2, 0.25) is 11.8 Å². The van der Waals surface area contributed by atoms with Crippen molar-refractivity contribution < 1.29 is 9.59 Å².